The fourth-order valence-electron chi connectivity index (χ4n) is 1.84. The molecule has 0 spiro atoms. The van der Waals surface area contributed by atoms with Crippen molar-refractivity contribution in [3.05, 3.63) is 0 Å². The Kier molecular flexibility index (Phi) is 13.5. The molecule has 0 aromatic rings. The molecule has 0 rings (SSSR count). The van der Waals surface area contributed by atoms with Gasteiger partial charge in [0, 0.05) is 0 Å². The van der Waals surface area contributed by atoms with Gasteiger partial charge in [-0.25, -0.2) is 9.13 Å². The lowest BCUT2D eigenvalue weighted by Gasteiger charge is -2.14. The van der Waals surface area contributed by atoms with Crippen LogP contribution in [0.15, 0.2) is 0 Å². The van der Waals surface area contributed by atoms with Crippen molar-refractivity contribution < 1.29 is 37.0 Å². The van der Waals surface area contributed by atoms with Crippen LogP contribution < -0.4 is 0 Å². The van der Waals surface area contributed by atoms with E-state index in [1.165, 1.54) is 0 Å². The molecule has 8 nitrogen and oxygen atoms in total. The molecule has 0 radical (unpaired) electrons. The Bertz CT molecular complexity index is 390. The normalized spacial score (nSPS) is 17.0. The maximum absolute atomic E-state index is 11.6. The van der Waals surface area contributed by atoms with Crippen LogP contribution in [-0.2, 0) is 27.2 Å². The molecule has 0 aliphatic carbocycles. The van der Waals surface area contributed by atoms with Crippen molar-refractivity contribution in [3.63, 3.8) is 0 Å². The molecule has 0 fully saturated rings. The second-order valence-corrected chi connectivity index (χ2v) is 9.60. The van der Waals surface area contributed by atoms with Crippen molar-refractivity contribution in [1.82, 2.24) is 0 Å². The predicted octanol–water partition coefficient (Wildman–Crippen LogP) is 4.52. The molecular weight excluding hydrogens is 370 g/mol. The van der Waals surface area contributed by atoms with E-state index in [-0.39, 0.29) is 32.8 Å². The summed E-state index contributed by atoms with van der Waals surface area (Å²) >= 11 is 0. The van der Waals surface area contributed by atoms with Gasteiger partial charge in [-0.05, 0) is 43.9 Å². The van der Waals surface area contributed by atoms with E-state index in [9.17, 15) is 18.9 Å². The van der Waals surface area contributed by atoms with Gasteiger partial charge in [-0.2, -0.15) is 0 Å². The highest BCUT2D eigenvalue weighted by molar-refractivity contribution is 7.47. The third-order valence-corrected chi connectivity index (χ3v) is 5.19. The molecule has 0 aliphatic heterocycles. The van der Waals surface area contributed by atoms with E-state index in [0.29, 0.717) is 24.7 Å². The van der Waals surface area contributed by atoms with Crippen LogP contribution >= 0.6 is 15.6 Å². The highest BCUT2D eigenvalue weighted by Gasteiger charge is 2.22. The molecule has 0 saturated heterocycles. The van der Waals surface area contributed by atoms with Crippen LogP contribution in [0.25, 0.3) is 0 Å². The van der Waals surface area contributed by atoms with Crippen molar-refractivity contribution >= 4 is 15.6 Å². The maximum Gasteiger partial charge on any atom is 0.472 e. The number of rotatable bonds is 16. The molecule has 2 unspecified atom stereocenters. The molecule has 2 atom stereocenters. The van der Waals surface area contributed by atoms with Crippen LogP contribution in [-0.4, -0.2) is 36.2 Å². The van der Waals surface area contributed by atoms with Gasteiger partial charge in [-0.1, -0.05) is 27.7 Å². The summed E-state index contributed by atoms with van der Waals surface area (Å²) in [5, 5.41) is 0. The summed E-state index contributed by atoms with van der Waals surface area (Å²) in [6, 6.07) is 0. The van der Waals surface area contributed by atoms with Crippen LogP contribution in [0.3, 0.4) is 0 Å². The Morgan fingerprint density at radius 3 is 1.20 bits per heavy atom. The van der Waals surface area contributed by atoms with Gasteiger partial charge in [0.05, 0.1) is 26.4 Å². The van der Waals surface area contributed by atoms with E-state index >= 15 is 0 Å². The number of hydrogen-bond acceptors (Lipinski definition) is 6. The van der Waals surface area contributed by atoms with Gasteiger partial charge in [-0.15, -0.1) is 0 Å². The standard InChI is InChI=1S/C15H34O8P2/c1-14(2)8-5-10-20-24(16,17)22-12-7-13-23-25(18,19)21-11-6-9-15(3)4/h14-15H,5-13H2,1-4H3,(H,16,17)(H,18,19). The monoisotopic (exact) mass is 404 g/mol. The molecule has 0 amide bonds. The first-order valence-corrected chi connectivity index (χ1v) is 11.8. The maximum atomic E-state index is 11.6. The fourth-order valence-corrected chi connectivity index (χ4v) is 3.42. The average Bonchev–Trinajstić information content (AvgIpc) is 2.47. The van der Waals surface area contributed by atoms with Crippen LogP contribution in [0.5, 0.6) is 0 Å². The molecule has 0 aliphatic rings. The molecule has 0 aromatic heterocycles. The third kappa shape index (κ3) is 17.4. The second-order valence-electron chi connectivity index (χ2n) is 6.70. The first-order chi connectivity index (χ1) is 11.5. The molecule has 2 N–H and O–H groups in total. The van der Waals surface area contributed by atoms with Gasteiger partial charge < -0.3 is 9.79 Å². The fraction of sp³-hybridized carbons (Fsp3) is 1.00. The Balaban J connectivity index is 3.74. The van der Waals surface area contributed by atoms with E-state index in [0.717, 1.165) is 12.8 Å². The van der Waals surface area contributed by atoms with Crippen molar-refractivity contribution in [2.24, 2.45) is 11.8 Å². The summed E-state index contributed by atoms with van der Waals surface area (Å²) in [6.07, 6.45) is 3.32. The van der Waals surface area contributed by atoms with E-state index in [1.54, 1.807) is 0 Å². The topological polar surface area (TPSA) is 112 Å². The van der Waals surface area contributed by atoms with E-state index in [1.807, 2.05) is 0 Å². The molecule has 25 heavy (non-hydrogen) atoms. The molecule has 152 valence electrons. The van der Waals surface area contributed by atoms with Gasteiger partial charge in [-0.3, -0.25) is 18.1 Å². The highest BCUT2D eigenvalue weighted by atomic mass is 31.2. The summed E-state index contributed by atoms with van der Waals surface area (Å²) in [5.74, 6) is 1.00. The van der Waals surface area contributed by atoms with Crippen LogP contribution in [0.2, 0.25) is 0 Å². The molecule has 0 aromatic carbocycles. The van der Waals surface area contributed by atoms with Gasteiger partial charge in [0.2, 0.25) is 0 Å². The molecule has 10 heteroatoms. The van der Waals surface area contributed by atoms with Gasteiger partial charge in [0.25, 0.3) is 0 Å². The Labute approximate surface area is 151 Å². The first kappa shape index (κ1) is 25.2. The predicted molar refractivity (Wildman–Crippen MR) is 96.2 cm³/mol. The highest BCUT2D eigenvalue weighted by Crippen LogP contribution is 2.45. The first-order valence-electron chi connectivity index (χ1n) is 8.78. The Morgan fingerprint density at radius 1 is 0.640 bits per heavy atom. The van der Waals surface area contributed by atoms with Gasteiger partial charge in [0.15, 0.2) is 0 Å². The van der Waals surface area contributed by atoms with Crippen LogP contribution in [0, 0.1) is 11.8 Å². The zero-order valence-electron chi connectivity index (χ0n) is 15.8. The minimum Gasteiger partial charge on any atom is -0.302 e. The SMILES string of the molecule is CC(C)CCCOP(=O)(O)OCCCOP(=O)(O)OCCCC(C)C. The van der Waals surface area contributed by atoms with Crippen molar-refractivity contribution in [2.45, 2.75) is 59.8 Å². The van der Waals surface area contributed by atoms with Crippen molar-refractivity contribution in [2.75, 3.05) is 26.4 Å². The molecular formula is C15H34O8P2. The molecule has 0 heterocycles. The summed E-state index contributed by atoms with van der Waals surface area (Å²) in [6.45, 7) is 8.30. The zero-order valence-corrected chi connectivity index (χ0v) is 17.5. The Morgan fingerprint density at radius 2 is 0.920 bits per heavy atom. The summed E-state index contributed by atoms with van der Waals surface area (Å²) in [7, 11) is -8.17. The van der Waals surface area contributed by atoms with Gasteiger partial charge in [0.1, 0.15) is 0 Å². The van der Waals surface area contributed by atoms with E-state index in [2.05, 4.69) is 27.7 Å². The lowest BCUT2D eigenvalue weighted by molar-refractivity contribution is 0.121. The minimum absolute atomic E-state index is 0.120. The van der Waals surface area contributed by atoms with Crippen LogP contribution in [0.1, 0.15) is 59.8 Å². The number of hydrogen-bond donors (Lipinski definition) is 2. The summed E-state index contributed by atoms with van der Waals surface area (Å²) in [5.41, 5.74) is 0. The van der Waals surface area contributed by atoms with Crippen LogP contribution in [0.4, 0.5) is 0 Å². The lowest BCUT2D eigenvalue weighted by Crippen LogP contribution is -2.04. The molecule has 0 bridgehead atoms. The second kappa shape index (κ2) is 13.4. The summed E-state index contributed by atoms with van der Waals surface area (Å²) < 4.78 is 42.4. The number of phosphoric acid groups is 2. The van der Waals surface area contributed by atoms with Crippen molar-refractivity contribution in [1.29, 1.82) is 0 Å². The average molecular weight is 404 g/mol. The summed E-state index contributed by atoms with van der Waals surface area (Å²) in [4.78, 5) is 18.9. The van der Waals surface area contributed by atoms with Gasteiger partial charge >= 0.3 is 15.6 Å². The smallest absolute Gasteiger partial charge is 0.302 e. The Hall–Kier alpha value is 0.220. The third-order valence-electron chi connectivity index (χ3n) is 3.16. The lowest BCUT2D eigenvalue weighted by atomic mass is 10.1. The minimum atomic E-state index is -4.08. The van der Waals surface area contributed by atoms with Crippen molar-refractivity contribution in [3.8, 4) is 0 Å². The quantitative estimate of drug-likeness (QED) is 0.285. The zero-order chi connectivity index (χ0) is 19.3. The van der Waals surface area contributed by atoms with E-state index < -0.39 is 15.6 Å². The molecule has 0 saturated carbocycles. The van der Waals surface area contributed by atoms with E-state index in [4.69, 9.17) is 18.1 Å². The largest absolute Gasteiger partial charge is 0.472 e. The number of phosphoric ester groups is 2.